The highest BCUT2D eigenvalue weighted by Crippen LogP contribution is 2.26. The van der Waals surface area contributed by atoms with Gasteiger partial charge in [0.15, 0.2) is 0 Å². The van der Waals surface area contributed by atoms with Gasteiger partial charge in [0.2, 0.25) is 5.91 Å². The Balaban J connectivity index is 1.55. The molecule has 0 unspecified atom stereocenters. The van der Waals surface area contributed by atoms with Crippen LogP contribution < -0.4 is 10.1 Å². The molecule has 0 bridgehead atoms. The molecule has 0 heterocycles. The van der Waals surface area contributed by atoms with Crippen LogP contribution in [0.1, 0.15) is 16.7 Å². The number of carbonyl (C=O) groups is 1. The molecule has 0 aliphatic heterocycles. The fraction of sp³-hybridized carbons (Fsp3) is 0.278. The summed E-state index contributed by atoms with van der Waals surface area (Å²) in [5.74, 6) is 1.04. The van der Waals surface area contributed by atoms with Crippen molar-refractivity contribution >= 4 is 5.91 Å². The molecule has 0 saturated carbocycles. The Morgan fingerprint density at radius 3 is 2.29 bits per heavy atom. The molecule has 108 valence electrons. The molecule has 1 aliphatic rings. The van der Waals surface area contributed by atoms with E-state index in [0.717, 1.165) is 24.2 Å². The van der Waals surface area contributed by atoms with Crippen molar-refractivity contribution in [3.8, 4) is 5.75 Å². The van der Waals surface area contributed by atoms with Gasteiger partial charge in [-0.1, -0.05) is 36.4 Å². The van der Waals surface area contributed by atoms with Gasteiger partial charge < -0.3 is 10.1 Å². The lowest BCUT2D eigenvalue weighted by molar-refractivity contribution is -0.124. The zero-order valence-electron chi connectivity index (χ0n) is 12.1. The molecule has 1 N–H and O–H groups in total. The van der Waals surface area contributed by atoms with Gasteiger partial charge in [-0.05, 0) is 41.7 Å². The summed E-state index contributed by atoms with van der Waals surface area (Å²) < 4.78 is 5.12. The van der Waals surface area contributed by atoms with Crippen molar-refractivity contribution in [1.29, 1.82) is 0 Å². The fourth-order valence-electron chi connectivity index (χ4n) is 2.82. The van der Waals surface area contributed by atoms with Crippen molar-refractivity contribution < 1.29 is 9.53 Å². The molecule has 3 heteroatoms. The maximum atomic E-state index is 12.3. The van der Waals surface area contributed by atoms with Gasteiger partial charge in [-0.3, -0.25) is 4.79 Å². The summed E-state index contributed by atoms with van der Waals surface area (Å²) >= 11 is 0. The molecule has 0 atom stereocenters. The summed E-state index contributed by atoms with van der Waals surface area (Å²) in [6, 6.07) is 16.1. The number of ether oxygens (including phenoxy) is 1. The van der Waals surface area contributed by atoms with Crippen LogP contribution in [-0.2, 0) is 24.2 Å². The summed E-state index contributed by atoms with van der Waals surface area (Å²) in [4.78, 5) is 12.3. The van der Waals surface area contributed by atoms with E-state index in [0.29, 0.717) is 6.54 Å². The highest BCUT2D eigenvalue weighted by Gasteiger charge is 2.26. The molecular formula is C18H19NO2. The third kappa shape index (κ3) is 3.07. The van der Waals surface area contributed by atoms with Crippen molar-refractivity contribution in [2.45, 2.75) is 19.4 Å². The average Bonchev–Trinajstić information content (AvgIpc) is 2.97. The zero-order chi connectivity index (χ0) is 14.7. The van der Waals surface area contributed by atoms with Crippen LogP contribution in [0.3, 0.4) is 0 Å². The number of carbonyl (C=O) groups excluding carboxylic acids is 1. The predicted octanol–water partition coefficient (Wildman–Crippen LogP) is 2.73. The zero-order valence-corrected chi connectivity index (χ0v) is 12.1. The predicted molar refractivity (Wildman–Crippen MR) is 82.2 cm³/mol. The molecular weight excluding hydrogens is 262 g/mol. The maximum Gasteiger partial charge on any atom is 0.224 e. The Labute approximate surface area is 124 Å². The first-order valence-electron chi connectivity index (χ1n) is 7.23. The van der Waals surface area contributed by atoms with Crippen molar-refractivity contribution in [3.05, 3.63) is 65.2 Å². The lowest BCUT2D eigenvalue weighted by Crippen LogP contribution is -2.30. The largest absolute Gasteiger partial charge is 0.497 e. The Morgan fingerprint density at radius 1 is 1.10 bits per heavy atom. The first-order valence-corrected chi connectivity index (χ1v) is 7.23. The van der Waals surface area contributed by atoms with Crippen LogP contribution in [0.2, 0.25) is 0 Å². The van der Waals surface area contributed by atoms with E-state index in [2.05, 4.69) is 17.4 Å². The first kappa shape index (κ1) is 13.7. The van der Waals surface area contributed by atoms with E-state index in [-0.39, 0.29) is 11.8 Å². The highest BCUT2D eigenvalue weighted by molar-refractivity contribution is 5.80. The molecule has 21 heavy (non-hydrogen) atoms. The minimum absolute atomic E-state index is 0.0700. The third-order valence-corrected chi connectivity index (χ3v) is 4.05. The van der Waals surface area contributed by atoms with Crippen molar-refractivity contribution in [3.63, 3.8) is 0 Å². The van der Waals surface area contributed by atoms with Crippen molar-refractivity contribution in [2.75, 3.05) is 7.11 Å². The van der Waals surface area contributed by atoms with Gasteiger partial charge in [0.1, 0.15) is 5.75 Å². The summed E-state index contributed by atoms with van der Waals surface area (Å²) in [5, 5.41) is 3.03. The van der Waals surface area contributed by atoms with Gasteiger partial charge in [0.25, 0.3) is 0 Å². The summed E-state index contributed by atoms with van der Waals surface area (Å²) in [5.41, 5.74) is 3.70. The van der Waals surface area contributed by atoms with Gasteiger partial charge in [-0.15, -0.1) is 0 Å². The van der Waals surface area contributed by atoms with Crippen molar-refractivity contribution in [2.24, 2.45) is 5.92 Å². The second kappa shape index (κ2) is 6.00. The normalized spacial score (nSPS) is 13.8. The van der Waals surface area contributed by atoms with Crippen LogP contribution >= 0.6 is 0 Å². The molecule has 0 fully saturated rings. The first-order chi connectivity index (χ1) is 10.3. The third-order valence-electron chi connectivity index (χ3n) is 4.05. The van der Waals surface area contributed by atoms with Gasteiger partial charge in [0, 0.05) is 12.5 Å². The maximum absolute atomic E-state index is 12.3. The number of nitrogens with one attached hydrogen (secondary N) is 1. The van der Waals surface area contributed by atoms with E-state index < -0.39 is 0 Å². The smallest absolute Gasteiger partial charge is 0.224 e. The Morgan fingerprint density at radius 2 is 1.71 bits per heavy atom. The number of fused-ring (bicyclic) bond motifs is 1. The van der Waals surface area contributed by atoms with Crippen LogP contribution in [0.5, 0.6) is 5.75 Å². The standard InChI is InChI=1S/C18H19NO2/c1-21-17-8-6-13(7-9-17)12-19-18(20)16-10-14-4-2-3-5-15(14)11-16/h2-9,16H,10-12H2,1H3,(H,19,20). The Kier molecular flexibility index (Phi) is 3.91. The van der Waals surface area contributed by atoms with E-state index in [9.17, 15) is 4.79 Å². The number of benzene rings is 2. The highest BCUT2D eigenvalue weighted by atomic mass is 16.5. The number of hydrogen-bond donors (Lipinski definition) is 1. The van der Waals surface area contributed by atoms with Gasteiger partial charge >= 0.3 is 0 Å². The molecule has 0 aromatic heterocycles. The molecule has 1 amide bonds. The molecule has 0 radical (unpaired) electrons. The van der Waals surface area contributed by atoms with E-state index >= 15 is 0 Å². The van der Waals surface area contributed by atoms with E-state index in [1.165, 1.54) is 11.1 Å². The molecule has 3 nitrogen and oxygen atoms in total. The second-order valence-corrected chi connectivity index (χ2v) is 5.44. The summed E-state index contributed by atoms with van der Waals surface area (Å²) in [7, 11) is 1.65. The topological polar surface area (TPSA) is 38.3 Å². The van der Waals surface area contributed by atoms with Crippen LogP contribution in [-0.4, -0.2) is 13.0 Å². The number of methoxy groups -OCH3 is 1. The average molecular weight is 281 g/mol. The molecule has 0 spiro atoms. The van der Waals surface area contributed by atoms with Crippen LogP contribution in [0, 0.1) is 5.92 Å². The lowest BCUT2D eigenvalue weighted by Gasteiger charge is -2.10. The monoisotopic (exact) mass is 281 g/mol. The van der Waals surface area contributed by atoms with E-state index in [1.54, 1.807) is 7.11 Å². The van der Waals surface area contributed by atoms with Gasteiger partial charge in [-0.25, -0.2) is 0 Å². The minimum Gasteiger partial charge on any atom is -0.497 e. The molecule has 3 rings (SSSR count). The number of hydrogen-bond acceptors (Lipinski definition) is 2. The summed E-state index contributed by atoms with van der Waals surface area (Å²) in [6.07, 6.45) is 1.70. The van der Waals surface area contributed by atoms with E-state index in [1.807, 2.05) is 36.4 Å². The van der Waals surface area contributed by atoms with Crippen LogP contribution in [0.25, 0.3) is 0 Å². The lowest BCUT2D eigenvalue weighted by atomic mass is 10.1. The molecule has 2 aromatic rings. The number of rotatable bonds is 4. The fourth-order valence-corrected chi connectivity index (χ4v) is 2.82. The van der Waals surface area contributed by atoms with Gasteiger partial charge in [-0.2, -0.15) is 0 Å². The number of amides is 1. The van der Waals surface area contributed by atoms with Crippen LogP contribution in [0.15, 0.2) is 48.5 Å². The minimum atomic E-state index is 0.0700. The molecule has 1 aliphatic carbocycles. The second-order valence-electron chi connectivity index (χ2n) is 5.44. The van der Waals surface area contributed by atoms with Gasteiger partial charge in [0.05, 0.1) is 7.11 Å². The SMILES string of the molecule is COc1ccc(CNC(=O)C2Cc3ccccc3C2)cc1. The van der Waals surface area contributed by atoms with E-state index in [4.69, 9.17) is 4.74 Å². The molecule has 2 aromatic carbocycles. The quantitative estimate of drug-likeness (QED) is 0.936. The molecule has 0 saturated heterocycles. The summed E-state index contributed by atoms with van der Waals surface area (Å²) in [6.45, 7) is 0.565. The Bertz CT molecular complexity index is 609. The van der Waals surface area contributed by atoms with Crippen molar-refractivity contribution in [1.82, 2.24) is 5.32 Å². The van der Waals surface area contributed by atoms with Crippen LogP contribution in [0.4, 0.5) is 0 Å². The Hall–Kier alpha value is -2.29.